The van der Waals surface area contributed by atoms with Gasteiger partial charge in [-0.25, -0.2) is 0 Å². The van der Waals surface area contributed by atoms with Crippen molar-refractivity contribution >= 4 is 0 Å². The smallest absolute Gasteiger partial charge is 0.0492 e. The number of nitrogens with two attached hydrogens (primary N) is 1. The first-order valence-corrected chi connectivity index (χ1v) is 6.00. The molecule has 0 bridgehead atoms. The Morgan fingerprint density at radius 2 is 2.27 bits per heavy atom. The molecule has 0 saturated heterocycles. The second-order valence-corrected chi connectivity index (χ2v) is 4.69. The van der Waals surface area contributed by atoms with Crippen LogP contribution in [0.1, 0.15) is 37.8 Å². The van der Waals surface area contributed by atoms with Crippen molar-refractivity contribution in [2.75, 3.05) is 0 Å². The summed E-state index contributed by atoms with van der Waals surface area (Å²) in [6.07, 6.45) is 9.44. The molecule has 1 aliphatic rings. The lowest BCUT2D eigenvalue weighted by atomic mass is 9.82. The minimum absolute atomic E-state index is 0.437. The van der Waals surface area contributed by atoms with Gasteiger partial charge in [0.1, 0.15) is 0 Å². The Bertz CT molecular complexity index is 306. The standard InChI is InChI=1S/C12H21N3/c1-15-11(8-9-14-15)7-6-10-4-2-3-5-12(10)13/h8-10,12H,2-7,13H2,1H3. The van der Waals surface area contributed by atoms with Crippen LogP contribution in [0.5, 0.6) is 0 Å². The van der Waals surface area contributed by atoms with E-state index in [1.165, 1.54) is 37.8 Å². The summed E-state index contributed by atoms with van der Waals surface area (Å²) in [5.41, 5.74) is 7.46. The molecule has 1 aromatic heterocycles. The Kier molecular flexibility index (Phi) is 3.41. The maximum absolute atomic E-state index is 6.13. The van der Waals surface area contributed by atoms with Gasteiger partial charge in [0.25, 0.3) is 0 Å². The Balaban J connectivity index is 1.84. The lowest BCUT2D eigenvalue weighted by molar-refractivity contribution is 0.290. The van der Waals surface area contributed by atoms with Crippen LogP contribution in [-0.4, -0.2) is 15.8 Å². The van der Waals surface area contributed by atoms with E-state index in [0.717, 1.165) is 12.3 Å². The molecule has 0 spiro atoms. The summed E-state index contributed by atoms with van der Waals surface area (Å²) in [4.78, 5) is 0. The highest BCUT2D eigenvalue weighted by Gasteiger charge is 2.21. The highest BCUT2D eigenvalue weighted by Crippen LogP contribution is 2.26. The average Bonchev–Trinajstić information content (AvgIpc) is 2.63. The van der Waals surface area contributed by atoms with E-state index in [-0.39, 0.29) is 0 Å². The largest absolute Gasteiger partial charge is 0.327 e. The van der Waals surface area contributed by atoms with E-state index in [0.29, 0.717) is 6.04 Å². The van der Waals surface area contributed by atoms with E-state index in [9.17, 15) is 0 Å². The van der Waals surface area contributed by atoms with Crippen LogP contribution in [-0.2, 0) is 13.5 Å². The number of hydrogen-bond donors (Lipinski definition) is 1. The van der Waals surface area contributed by atoms with Gasteiger partial charge in [0, 0.05) is 25.0 Å². The molecule has 3 nitrogen and oxygen atoms in total. The SMILES string of the molecule is Cn1nccc1CCC1CCCCC1N. The summed E-state index contributed by atoms with van der Waals surface area (Å²) in [6, 6.07) is 2.54. The zero-order valence-corrected chi connectivity index (χ0v) is 9.52. The lowest BCUT2D eigenvalue weighted by Gasteiger charge is -2.28. The summed E-state index contributed by atoms with van der Waals surface area (Å²) < 4.78 is 1.97. The molecule has 0 aliphatic heterocycles. The van der Waals surface area contributed by atoms with Gasteiger partial charge in [-0.05, 0) is 37.7 Å². The molecule has 1 fully saturated rings. The molecule has 3 heteroatoms. The summed E-state index contributed by atoms with van der Waals surface area (Å²) in [5.74, 6) is 0.730. The third kappa shape index (κ3) is 2.59. The van der Waals surface area contributed by atoms with Gasteiger partial charge in [0.05, 0.1) is 0 Å². The second kappa shape index (κ2) is 4.79. The van der Waals surface area contributed by atoms with Gasteiger partial charge in [-0.1, -0.05) is 12.8 Å². The first kappa shape index (κ1) is 10.7. The topological polar surface area (TPSA) is 43.8 Å². The van der Waals surface area contributed by atoms with Crippen molar-refractivity contribution in [3.63, 3.8) is 0 Å². The predicted molar refractivity (Wildman–Crippen MR) is 61.5 cm³/mol. The molecule has 0 aromatic carbocycles. The Labute approximate surface area is 91.7 Å². The maximum Gasteiger partial charge on any atom is 0.0492 e. The highest BCUT2D eigenvalue weighted by molar-refractivity contribution is 5.00. The van der Waals surface area contributed by atoms with Crippen LogP contribution in [0.2, 0.25) is 0 Å². The van der Waals surface area contributed by atoms with Crippen LogP contribution < -0.4 is 5.73 Å². The zero-order chi connectivity index (χ0) is 10.7. The summed E-state index contributed by atoms with van der Waals surface area (Å²) in [6.45, 7) is 0. The van der Waals surface area contributed by atoms with Crippen molar-refractivity contribution in [1.82, 2.24) is 9.78 Å². The van der Waals surface area contributed by atoms with Crippen molar-refractivity contribution in [3.05, 3.63) is 18.0 Å². The van der Waals surface area contributed by atoms with Gasteiger partial charge in [-0.2, -0.15) is 5.10 Å². The molecular formula is C12H21N3. The summed E-state index contributed by atoms with van der Waals surface area (Å²) >= 11 is 0. The summed E-state index contributed by atoms with van der Waals surface area (Å²) in [7, 11) is 2.01. The average molecular weight is 207 g/mol. The minimum Gasteiger partial charge on any atom is -0.327 e. The van der Waals surface area contributed by atoms with E-state index >= 15 is 0 Å². The number of aryl methyl sites for hydroxylation is 2. The first-order chi connectivity index (χ1) is 7.27. The third-order valence-corrected chi connectivity index (χ3v) is 3.66. The van der Waals surface area contributed by atoms with E-state index in [4.69, 9.17) is 5.73 Å². The van der Waals surface area contributed by atoms with Crippen LogP contribution >= 0.6 is 0 Å². The lowest BCUT2D eigenvalue weighted by Crippen LogP contribution is -2.33. The molecule has 1 saturated carbocycles. The number of rotatable bonds is 3. The maximum atomic E-state index is 6.13. The van der Waals surface area contributed by atoms with Gasteiger partial charge in [-0.15, -0.1) is 0 Å². The monoisotopic (exact) mass is 207 g/mol. The Hall–Kier alpha value is -0.830. The van der Waals surface area contributed by atoms with Crippen molar-refractivity contribution in [2.45, 2.75) is 44.6 Å². The van der Waals surface area contributed by atoms with E-state index in [2.05, 4.69) is 11.2 Å². The van der Waals surface area contributed by atoms with Crippen LogP contribution in [0.15, 0.2) is 12.3 Å². The Morgan fingerprint density at radius 1 is 1.47 bits per heavy atom. The van der Waals surface area contributed by atoms with Crippen molar-refractivity contribution in [1.29, 1.82) is 0 Å². The van der Waals surface area contributed by atoms with E-state index in [1.54, 1.807) is 0 Å². The number of nitrogens with zero attached hydrogens (tertiary/aromatic N) is 2. The van der Waals surface area contributed by atoms with Crippen molar-refractivity contribution < 1.29 is 0 Å². The third-order valence-electron chi connectivity index (χ3n) is 3.66. The molecule has 0 radical (unpaired) electrons. The van der Waals surface area contributed by atoms with Gasteiger partial charge < -0.3 is 5.73 Å². The van der Waals surface area contributed by atoms with Crippen LogP contribution in [0.25, 0.3) is 0 Å². The van der Waals surface area contributed by atoms with E-state index < -0.39 is 0 Å². The summed E-state index contributed by atoms with van der Waals surface area (Å²) in [5, 5.41) is 4.18. The second-order valence-electron chi connectivity index (χ2n) is 4.69. The van der Waals surface area contributed by atoms with E-state index in [1.807, 2.05) is 17.9 Å². The van der Waals surface area contributed by atoms with Gasteiger partial charge in [0.15, 0.2) is 0 Å². The molecule has 2 unspecified atom stereocenters. The van der Waals surface area contributed by atoms with Gasteiger partial charge in [0.2, 0.25) is 0 Å². The molecule has 0 amide bonds. The number of aromatic nitrogens is 2. The minimum atomic E-state index is 0.437. The van der Waals surface area contributed by atoms with Crippen LogP contribution in [0, 0.1) is 5.92 Å². The number of hydrogen-bond acceptors (Lipinski definition) is 2. The first-order valence-electron chi connectivity index (χ1n) is 6.00. The van der Waals surface area contributed by atoms with Crippen LogP contribution in [0.4, 0.5) is 0 Å². The van der Waals surface area contributed by atoms with Gasteiger partial charge in [-0.3, -0.25) is 4.68 Å². The predicted octanol–water partition coefficient (Wildman–Crippen LogP) is 1.87. The molecule has 1 aliphatic carbocycles. The highest BCUT2D eigenvalue weighted by atomic mass is 15.2. The molecule has 15 heavy (non-hydrogen) atoms. The van der Waals surface area contributed by atoms with Crippen LogP contribution in [0.3, 0.4) is 0 Å². The molecule has 1 aromatic rings. The van der Waals surface area contributed by atoms with Crippen molar-refractivity contribution in [3.8, 4) is 0 Å². The fourth-order valence-corrected chi connectivity index (χ4v) is 2.57. The Morgan fingerprint density at radius 3 is 2.93 bits per heavy atom. The molecular weight excluding hydrogens is 186 g/mol. The zero-order valence-electron chi connectivity index (χ0n) is 9.52. The molecule has 2 N–H and O–H groups in total. The fourth-order valence-electron chi connectivity index (χ4n) is 2.57. The molecule has 84 valence electrons. The van der Waals surface area contributed by atoms with Crippen molar-refractivity contribution in [2.24, 2.45) is 18.7 Å². The fraction of sp³-hybridized carbons (Fsp3) is 0.750. The quantitative estimate of drug-likeness (QED) is 0.822. The van der Waals surface area contributed by atoms with Gasteiger partial charge >= 0.3 is 0 Å². The molecule has 2 rings (SSSR count). The normalized spacial score (nSPS) is 26.8. The molecule has 1 heterocycles. The molecule has 2 atom stereocenters.